The van der Waals surface area contributed by atoms with E-state index in [9.17, 15) is 4.79 Å². The number of rotatable bonds is 14. The molecule has 0 heterocycles. The van der Waals surface area contributed by atoms with Gasteiger partial charge in [0, 0.05) is 24.3 Å². The summed E-state index contributed by atoms with van der Waals surface area (Å²) in [6.07, 6.45) is 0.949. The van der Waals surface area contributed by atoms with E-state index in [1.807, 2.05) is 24.6 Å². The zero-order chi connectivity index (χ0) is 18.9. The molecule has 0 aliphatic heterocycles. The Morgan fingerprint density at radius 2 is 1.96 bits per heavy atom. The van der Waals surface area contributed by atoms with Gasteiger partial charge < -0.3 is 20.1 Å². The van der Waals surface area contributed by atoms with Gasteiger partial charge in [-0.15, -0.1) is 0 Å². The lowest BCUT2D eigenvalue weighted by Crippen LogP contribution is -2.28. The van der Waals surface area contributed by atoms with Gasteiger partial charge in [-0.05, 0) is 6.42 Å². The van der Waals surface area contributed by atoms with Crippen LogP contribution in [0.5, 0.6) is 0 Å². The molecule has 0 aliphatic carbocycles. The summed E-state index contributed by atoms with van der Waals surface area (Å²) in [5.41, 5.74) is 0.160. The fourth-order valence-corrected chi connectivity index (χ4v) is 3.89. The third kappa shape index (κ3) is 18.2. The topological polar surface area (TPSA) is 59.6 Å². The Balaban J connectivity index is 3.57. The van der Waals surface area contributed by atoms with Gasteiger partial charge in [0.05, 0.1) is 19.8 Å². The molecular weight excluding hydrogens is 356 g/mol. The molecule has 0 fully saturated rings. The molecule has 1 unspecified atom stereocenters. The second-order valence-corrected chi connectivity index (χ2v) is 8.69. The Morgan fingerprint density at radius 1 is 1.20 bits per heavy atom. The van der Waals surface area contributed by atoms with Crippen molar-refractivity contribution in [1.82, 2.24) is 10.6 Å². The number of nitrogens with one attached hydrogen (secondary N) is 2. The summed E-state index contributed by atoms with van der Waals surface area (Å²) in [6, 6.07) is 0.528. The van der Waals surface area contributed by atoms with E-state index in [1.165, 1.54) is 0 Å². The maximum atomic E-state index is 11.5. The Kier molecular flexibility index (Phi) is 16.8. The molecule has 25 heavy (non-hydrogen) atoms. The first-order valence-corrected chi connectivity index (χ1v) is 11.3. The van der Waals surface area contributed by atoms with Crippen LogP contribution >= 0.6 is 21.6 Å². The predicted molar refractivity (Wildman–Crippen MR) is 110 cm³/mol. The zero-order valence-corrected chi connectivity index (χ0v) is 17.9. The molecule has 1 amide bonds. The lowest BCUT2D eigenvalue weighted by Gasteiger charge is -2.15. The van der Waals surface area contributed by atoms with Crippen LogP contribution in [0.1, 0.15) is 41.0 Å². The van der Waals surface area contributed by atoms with Crippen LogP contribution < -0.4 is 10.6 Å². The molecule has 0 aromatic carbocycles. The number of hydrogen-bond donors (Lipinski definition) is 2. The molecule has 0 rings (SSSR count). The number of amides is 1. The molecule has 0 aromatic heterocycles. The van der Waals surface area contributed by atoms with E-state index in [2.05, 4.69) is 43.2 Å². The third-order valence-corrected chi connectivity index (χ3v) is 5.52. The Labute approximate surface area is 161 Å². The minimum absolute atomic E-state index is 0.0479. The summed E-state index contributed by atoms with van der Waals surface area (Å²) in [5.74, 6) is 7.12. The van der Waals surface area contributed by atoms with Crippen molar-refractivity contribution in [2.24, 2.45) is 5.92 Å². The molecule has 0 saturated carbocycles. The summed E-state index contributed by atoms with van der Waals surface area (Å²) in [7, 11) is 3.58. The largest absolute Gasteiger partial charge is 0.369 e. The van der Waals surface area contributed by atoms with E-state index in [4.69, 9.17) is 9.47 Å². The standard InChI is InChI=1S/C18H34N2O3S2/c1-6-18(25-24-13-10-19-16(4)5)23-12-11-22-14-17(21)20-9-7-8-15(2)3/h15-16,18-19H,6,9-14H2,1-5H3,(H,20,21). The molecule has 0 radical (unpaired) electrons. The van der Waals surface area contributed by atoms with Crippen LogP contribution in [0.15, 0.2) is 0 Å². The van der Waals surface area contributed by atoms with Crippen molar-refractivity contribution in [1.29, 1.82) is 0 Å². The quantitative estimate of drug-likeness (QED) is 0.206. The lowest BCUT2D eigenvalue weighted by atomic mass is 10.2. The minimum Gasteiger partial charge on any atom is -0.369 e. The Bertz CT molecular complexity index is 396. The van der Waals surface area contributed by atoms with Crippen LogP contribution in [-0.2, 0) is 14.3 Å². The molecule has 1 atom stereocenters. The maximum Gasteiger partial charge on any atom is 0.246 e. The van der Waals surface area contributed by atoms with E-state index >= 15 is 0 Å². The Hall–Kier alpha value is -0.390. The van der Waals surface area contributed by atoms with Crippen molar-refractivity contribution in [3.8, 4) is 11.8 Å². The number of hydrogen-bond acceptors (Lipinski definition) is 6. The highest BCUT2D eigenvalue weighted by Gasteiger charge is 2.08. The molecule has 0 aliphatic rings. The van der Waals surface area contributed by atoms with E-state index in [0.717, 1.165) is 18.7 Å². The average Bonchev–Trinajstić information content (AvgIpc) is 2.55. The number of ether oxygens (including phenoxy) is 2. The fourth-order valence-electron chi connectivity index (χ4n) is 1.58. The van der Waals surface area contributed by atoms with Gasteiger partial charge in [0.25, 0.3) is 0 Å². The zero-order valence-electron chi connectivity index (χ0n) is 16.2. The van der Waals surface area contributed by atoms with Crippen LogP contribution in [0.2, 0.25) is 0 Å². The van der Waals surface area contributed by atoms with Crippen LogP contribution in [-0.4, -0.2) is 56.0 Å². The molecule has 0 bridgehead atoms. The molecule has 146 valence electrons. The molecular formula is C18H34N2O3S2. The highest BCUT2D eigenvalue weighted by Crippen LogP contribution is 2.28. The van der Waals surface area contributed by atoms with Gasteiger partial charge in [-0.2, -0.15) is 0 Å². The van der Waals surface area contributed by atoms with Crippen molar-refractivity contribution >= 4 is 27.5 Å². The van der Waals surface area contributed by atoms with Gasteiger partial charge in [-0.3, -0.25) is 4.79 Å². The molecule has 7 heteroatoms. The van der Waals surface area contributed by atoms with Gasteiger partial charge in [0.2, 0.25) is 5.91 Å². The molecule has 0 saturated heterocycles. The monoisotopic (exact) mass is 390 g/mol. The molecule has 2 N–H and O–H groups in total. The number of carbonyl (C=O) groups is 1. The predicted octanol–water partition coefficient (Wildman–Crippen LogP) is 2.91. The van der Waals surface area contributed by atoms with Gasteiger partial charge >= 0.3 is 0 Å². The van der Waals surface area contributed by atoms with Gasteiger partial charge in [0.1, 0.15) is 12.0 Å². The van der Waals surface area contributed by atoms with Gasteiger partial charge in [-0.1, -0.05) is 68.0 Å². The first-order chi connectivity index (χ1) is 12.0. The average molecular weight is 391 g/mol. The first kappa shape index (κ1) is 24.6. The molecule has 5 nitrogen and oxygen atoms in total. The summed E-state index contributed by atoms with van der Waals surface area (Å²) >= 11 is 0. The first-order valence-electron chi connectivity index (χ1n) is 8.91. The van der Waals surface area contributed by atoms with Crippen molar-refractivity contribution in [2.45, 2.75) is 52.5 Å². The van der Waals surface area contributed by atoms with Crippen LogP contribution in [0.25, 0.3) is 0 Å². The second kappa shape index (κ2) is 17.0. The molecule has 0 spiro atoms. The normalized spacial score (nSPS) is 12.1. The summed E-state index contributed by atoms with van der Waals surface area (Å²) in [6.45, 7) is 12.8. The van der Waals surface area contributed by atoms with Crippen molar-refractivity contribution in [2.75, 3.05) is 38.7 Å². The van der Waals surface area contributed by atoms with Crippen LogP contribution in [0, 0.1) is 17.8 Å². The van der Waals surface area contributed by atoms with Gasteiger partial charge in [-0.25, -0.2) is 0 Å². The summed E-state index contributed by atoms with van der Waals surface area (Å²) < 4.78 is 11.1. The third-order valence-electron chi connectivity index (χ3n) is 2.78. The van der Waals surface area contributed by atoms with Crippen molar-refractivity contribution in [3.63, 3.8) is 0 Å². The number of carbonyl (C=O) groups excluding carboxylic acids is 1. The highest BCUT2D eigenvalue weighted by atomic mass is 33.1. The van der Waals surface area contributed by atoms with E-state index in [1.54, 1.807) is 10.8 Å². The highest BCUT2D eigenvalue weighted by molar-refractivity contribution is 8.76. The minimum atomic E-state index is -0.146. The van der Waals surface area contributed by atoms with E-state index < -0.39 is 0 Å². The van der Waals surface area contributed by atoms with Crippen molar-refractivity contribution in [3.05, 3.63) is 0 Å². The summed E-state index contributed by atoms with van der Waals surface area (Å²) in [5, 5.41) is 6.09. The fraction of sp³-hybridized carbons (Fsp3) is 0.833. The Morgan fingerprint density at radius 3 is 2.60 bits per heavy atom. The van der Waals surface area contributed by atoms with E-state index in [0.29, 0.717) is 31.7 Å². The van der Waals surface area contributed by atoms with Crippen LogP contribution in [0.4, 0.5) is 0 Å². The smallest absolute Gasteiger partial charge is 0.246 e. The van der Waals surface area contributed by atoms with Crippen LogP contribution in [0.3, 0.4) is 0 Å². The van der Waals surface area contributed by atoms with E-state index in [-0.39, 0.29) is 18.0 Å². The molecule has 0 aromatic rings. The SMILES string of the molecule is CCC(OCCOCC(=O)NCC#CC(C)C)SSCCNC(C)C. The van der Waals surface area contributed by atoms with Gasteiger partial charge in [0.15, 0.2) is 0 Å². The maximum absolute atomic E-state index is 11.5. The lowest BCUT2D eigenvalue weighted by molar-refractivity contribution is -0.126. The van der Waals surface area contributed by atoms with Crippen molar-refractivity contribution < 1.29 is 14.3 Å². The second-order valence-electron chi connectivity index (χ2n) is 6.04. The summed E-state index contributed by atoms with van der Waals surface area (Å²) in [4.78, 5) is 11.5.